The lowest BCUT2D eigenvalue weighted by molar-refractivity contribution is 0.959. The Morgan fingerprint density at radius 1 is 1.19 bits per heavy atom. The molecule has 0 unspecified atom stereocenters. The minimum atomic E-state index is 0.712. The van der Waals surface area contributed by atoms with Crippen LogP contribution < -0.4 is 5.32 Å². The smallest absolute Gasteiger partial charge is 0.115 e. The van der Waals surface area contributed by atoms with Gasteiger partial charge in [0, 0.05) is 11.9 Å². The zero-order valence-electron chi connectivity index (χ0n) is 8.44. The Morgan fingerprint density at radius 3 is 3.00 bits per heavy atom. The lowest BCUT2D eigenvalue weighted by Gasteiger charge is -2.03. The molecule has 0 aliphatic heterocycles. The number of aromatic nitrogens is 5. The SMILES string of the molecule is c1ncc(CNc2ccc3n[nH]nc3c2)[nH]1. The van der Waals surface area contributed by atoms with E-state index in [1.165, 1.54) is 0 Å². The molecule has 2 heterocycles. The lowest BCUT2D eigenvalue weighted by atomic mass is 10.2. The van der Waals surface area contributed by atoms with E-state index in [2.05, 4.69) is 30.7 Å². The summed E-state index contributed by atoms with van der Waals surface area (Å²) in [6.45, 7) is 0.712. The van der Waals surface area contributed by atoms with Crippen LogP contribution in [0.2, 0.25) is 0 Å². The van der Waals surface area contributed by atoms with E-state index in [0.29, 0.717) is 6.54 Å². The van der Waals surface area contributed by atoms with Gasteiger partial charge in [-0.3, -0.25) is 0 Å². The largest absolute Gasteiger partial charge is 0.379 e. The molecule has 2 aromatic heterocycles. The average molecular weight is 214 g/mol. The van der Waals surface area contributed by atoms with Gasteiger partial charge in [0.15, 0.2) is 0 Å². The Hall–Kier alpha value is -2.37. The maximum absolute atomic E-state index is 4.03. The highest BCUT2D eigenvalue weighted by atomic mass is 15.3. The van der Waals surface area contributed by atoms with Gasteiger partial charge in [0.1, 0.15) is 11.0 Å². The number of aromatic amines is 2. The lowest BCUT2D eigenvalue weighted by Crippen LogP contribution is -1.99. The summed E-state index contributed by atoms with van der Waals surface area (Å²) in [6.07, 6.45) is 3.46. The third kappa shape index (κ3) is 1.60. The molecule has 0 fully saturated rings. The van der Waals surface area contributed by atoms with E-state index in [1.54, 1.807) is 12.5 Å². The van der Waals surface area contributed by atoms with Gasteiger partial charge in [0.2, 0.25) is 0 Å². The number of nitrogens with zero attached hydrogens (tertiary/aromatic N) is 3. The molecule has 6 heteroatoms. The number of fused-ring (bicyclic) bond motifs is 1. The van der Waals surface area contributed by atoms with E-state index >= 15 is 0 Å². The van der Waals surface area contributed by atoms with Gasteiger partial charge in [-0.25, -0.2) is 4.98 Å². The van der Waals surface area contributed by atoms with Crippen LogP contribution in [0.1, 0.15) is 5.69 Å². The Balaban J connectivity index is 1.78. The molecule has 80 valence electrons. The number of H-pyrrole nitrogens is 2. The summed E-state index contributed by atoms with van der Waals surface area (Å²) in [5.41, 5.74) is 3.78. The Morgan fingerprint density at radius 2 is 2.12 bits per heavy atom. The molecule has 0 spiro atoms. The van der Waals surface area contributed by atoms with Gasteiger partial charge in [-0.1, -0.05) is 0 Å². The van der Waals surface area contributed by atoms with Crippen LogP contribution in [-0.4, -0.2) is 25.4 Å². The van der Waals surface area contributed by atoms with E-state index in [1.807, 2.05) is 18.2 Å². The van der Waals surface area contributed by atoms with Crippen LogP contribution in [0, 0.1) is 0 Å². The zero-order valence-corrected chi connectivity index (χ0v) is 8.44. The Labute approximate surface area is 91.1 Å². The molecular formula is C10H10N6. The van der Waals surface area contributed by atoms with Gasteiger partial charge in [-0.2, -0.15) is 15.4 Å². The molecule has 6 nitrogen and oxygen atoms in total. The summed E-state index contributed by atoms with van der Waals surface area (Å²) >= 11 is 0. The molecule has 0 radical (unpaired) electrons. The molecule has 3 aromatic rings. The van der Waals surface area contributed by atoms with Gasteiger partial charge in [0.05, 0.1) is 18.6 Å². The van der Waals surface area contributed by atoms with E-state index in [9.17, 15) is 0 Å². The fourth-order valence-corrected chi connectivity index (χ4v) is 1.53. The third-order valence-corrected chi connectivity index (χ3v) is 2.35. The molecule has 3 rings (SSSR count). The van der Waals surface area contributed by atoms with Gasteiger partial charge in [0.25, 0.3) is 0 Å². The minimum absolute atomic E-state index is 0.712. The van der Waals surface area contributed by atoms with Crippen LogP contribution in [0.5, 0.6) is 0 Å². The van der Waals surface area contributed by atoms with E-state index in [4.69, 9.17) is 0 Å². The van der Waals surface area contributed by atoms with Crippen molar-refractivity contribution in [2.24, 2.45) is 0 Å². The quantitative estimate of drug-likeness (QED) is 0.613. The van der Waals surface area contributed by atoms with E-state index in [-0.39, 0.29) is 0 Å². The van der Waals surface area contributed by atoms with Crippen molar-refractivity contribution in [3.8, 4) is 0 Å². The van der Waals surface area contributed by atoms with Crippen molar-refractivity contribution >= 4 is 16.7 Å². The van der Waals surface area contributed by atoms with Crippen molar-refractivity contribution < 1.29 is 0 Å². The fraction of sp³-hybridized carbons (Fsp3) is 0.100. The molecule has 0 saturated carbocycles. The van der Waals surface area contributed by atoms with Crippen molar-refractivity contribution in [1.82, 2.24) is 25.4 Å². The molecule has 3 N–H and O–H groups in total. The molecule has 1 aromatic carbocycles. The van der Waals surface area contributed by atoms with Crippen LogP contribution in [0.3, 0.4) is 0 Å². The van der Waals surface area contributed by atoms with E-state index < -0.39 is 0 Å². The Bertz CT molecular complexity index is 582. The summed E-state index contributed by atoms with van der Waals surface area (Å²) in [6, 6.07) is 5.85. The van der Waals surface area contributed by atoms with Gasteiger partial charge >= 0.3 is 0 Å². The monoisotopic (exact) mass is 214 g/mol. The maximum Gasteiger partial charge on any atom is 0.115 e. The summed E-state index contributed by atoms with van der Waals surface area (Å²) in [5.74, 6) is 0. The number of hydrogen-bond donors (Lipinski definition) is 3. The highest BCUT2D eigenvalue weighted by Crippen LogP contribution is 2.15. The second kappa shape index (κ2) is 3.65. The van der Waals surface area contributed by atoms with Gasteiger partial charge in [-0.05, 0) is 18.2 Å². The van der Waals surface area contributed by atoms with Gasteiger partial charge < -0.3 is 10.3 Å². The van der Waals surface area contributed by atoms with Gasteiger partial charge in [-0.15, -0.1) is 0 Å². The molecule has 0 amide bonds. The topological polar surface area (TPSA) is 82.3 Å². The second-order valence-corrected chi connectivity index (χ2v) is 3.46. The average Bonchev–Trinajstić information content (AvgIpc) is 2.97. The molecule has 0 atom stereocenters. The molecule has 0 aliphatic rings. The van der Waals surface area contributed by atoms with Crippen molar-refractivity contribution in [3.63, 3.8) is 0 Å². The summed E-state index contributed by atoms with van der Waals surface area (Å²) in [4.78, 5) is 6.99. The van der Waals surface area contributed by atoms with Crippen LogP contribution in [0.4, 0.5) is 5.69 Å². The molecule has 0 aliphatic carbocycles. The summed E-state index contributed by atoms with van der Waals surface area (Å²) in [7, 11) is 0. The van der Waals surface area contributed by atoms with E-state index in [0.717, 1.165) is 22.4 Å². The Kier molecular flexibility index (Phi) is 2.03. The van der Waals surface area contributed by atoms with Crippen LogP contribution >= 0.6 is 0 Å². The standard InChI is InChI=1S/C10H10N6/c1-2-9-10(15-16-14-9)3-7(1)12-5-8-4-11-6-13-8/h1-4,6,12H,5H2,(H,11,13)(H,14,15,16). The summed E-state index contributed by atoms with van der Waals surface area (Å²) < 4.78 is 0. The molecule has 0 saturated heterocycles. The number of hydrogen-bond acceptors (Lipinski definition) is 4. The highest BCUT2D eigenvalue weighted by Gasteiger charge is 1.99. The normalized spacial score (nSPS) is 10.8. The predicted octanol–water partition coefficient (Wildman–Crippen LogP) is 1.29. The summed E-state index contributed by atoms with van der Waals surface area (Å²) in [5, 5.41) is 13.9. The van der Waals surface area contributed by atoms with Crippen molar-refractivity contribution in [2.45, 2.75) is 6.54 Å². The minimum Gasteiger partial charge on any atom is -0.379 e. The van der Waals surface area contributed by atoms with Crippen LogP contribution in [0.25, 0.3) is 11.0 Å². The van der Waals surface area contributed by atoms with Crippen molar-refractivity contribution in [1.29, 1.82) is 0 Å². The molecule has 0 bridgehead atoms. The zero-order chi connectivity index (χ0) is 10.8. The highest BCUT2D eigenvalue weighted by molar-refractivity contribution is 5.77. The molecular weight excluding hydrogens is 204 g/mol. The van der Waals surface area contributed by atoms with Crippen molar-refractivity contribution in [3.05, 3.63) is 36.4 Å². The van der Waals surface area contributed by atoms with Crippen molar-refractivity contribution in [2.75, 3.05) is 5.32 Å². The molecule has 16 heavy (non-hydrogen) atoms. The van der Waals surface area contributed by atoms with Crippen LogP contribution in [0.15, 0.2) is 30.7 Å². The number of imidazole rings is 1. The number of rotatable bonds is 3. The predicted molar refractivity (Wildman–Crippen MR) is 59.8 cm³/mol. The maximum atomic E-state index is 4.03. The number of benzene rings is 1. The fourth-order valence-electron chi connectivity index (χ4n) is 1.53. The first-order chi connectivity index (χ1) is 7.92. The number of anilines is 1. The second-order valence-electron chi connectivity index (χ2n) is 3.46. The third-order valence-electron chi connectivity index (χ3n) is 2.35. The first kappa shape index (κ1) is 8.90. The first-order valence-corrected chi connectivity index (χ1v) is 4.93. The number of nitrogens with one attached hydrogen (secondary N) is 3. The van der Waals surface area contributed by atoms with Crippen LogP contribution in [-0.2, 0) is 6.54 Å². The first-order valence-electron chi connectivity index (χ1n) is 4.93.